The fraction of sp³-hybridized carbons (Fsp3) is 0.316. The molecule has 27 heavy (non-hydrogen) atoms. The van der Waals surface area contributed by atoms with Crippen LogP contribution in [0, 0.1) is 5.82 Å². The fourth-order valence-electron chi connectivity index (χ4n) is 2.93. The summed E-state index contributed by atoms with van der Waals surface area (Å²) in [5.41, 5.74) is 2.20. The Morgan fingerprint density at radius 1 is 1.30 bits per heavy atom. The number of hydrogen-bond donors (Lipinski definition) is 1. The molecular weight excluding hydrogens is 352 g/mol. The summed E-state index contributed by atoms with van der Waals surface area (Å²) in [6.07, 6.45) is 2.50. The standard InChI is InChI=1S/C19H19F2N5O/c1-11(2)12-5-13-8-26(24-18(13)22-7-12)17-6-15(3-4-16(17)21)23-19(27)25-9-14(20)10-25/h3-8,11,14H,9-10H2,1-2H3,(H,23,27). The van der Waals surface area contributed by atoms with Gasteiger partial charge in [-0.25, -0.2) is 23.2 Å². The van der Waals surface area contributed by atoms with E-state index in [1.165, 1.54) is 27.8 Å². The molecule has 4 rings (SSSR count). The minimum absolute atomic E-state index is 0.0777. The second-order valence-electron chi connectivity index (χ2n) is 7.01. The van der Waals surface area contributed by atoms with E-state index in [4.69, 9.17) is 0 Å². The fourth-order valence-corrected chi connectivity index (χ4v) is 2.93. The number of likely N-dealkylation sites (tertiary alicyclic amines) is 1. The van der Waals surface area contributed by atoms with Crippen molar-refractivity contribution in [3.8, 4) is 5.69 Å². The second kappa shape index (κ2) is 6.61. The van der Waals surface area contributed by atoms with Gasteiger partial charge in [-0.15, -0.1) is 5.10 Å². The molecule has 0 aliphatic carbocycles. The molecule has 0 radical (unpaired) electrons. The van der Waals surface area contributed by atoms with Crippen LogP contribution >= 0.6 is 0 Å². The Balaban J connectivity index is 1.63. The average Bonchev–Trinajstić information content (AvgIpc) is 3.03. The molecule has 1 saturated heterocycles. The Morgan fingerprint density at radius 3 is 2.78 bits per heavy atom. The Bertz CT molecular complexity index is 1010. The van der Waals surface area contributed by atoms with Crippen molar-refractivity contribution in [2.24, 2.45) is 0 Å². The number of urea groups is 1. The van der Waals surface area contributed by atoms with E-state index in [0.29, 0.717) is 17.3 Å². The monoisotopic (exact) mass is 371 g/mol. The minimum Gasteiger partial charge on any atom is -0.319 e. The van der Waals surface area contributed by atoms with E-state index in [1.807, 2.05) is 6.07 Å². The van der Waals surface area contributed by atoms with E-state index in [9.17, 15) is 13.6 Å². The molecule has 2 aromatic heterocycles. The lowest BCUT2D eigenvalue weighted by Gasteiger charge is -2.34. The van der Waals surface area contributed by atoms with Gasteiger partial charge in [-0.3, -0.25) is 0 Å². The van der Waals surface area contributed by atoms with Crippen LogP contribution in [0.5, 0.6) is 0 Å². The first kappa shape index (κ1) is 17.4. The van der Waals surface area contributed by atoms with Crippen molar-refractivity contribution in [2.45, 2.75) is 25.9 Å². The lowest BCUT2D eigenvalue weighted by atomic mass is 10.1. The summed E-state index contributed by atoms with van der Waals surface area (Å²) in [5.74, 6) is -0.149. The van der Waals surface area contributed by atoms with Gasteiger partial charge in [0.2, 0.25) is 0 Å². The zero-order valence-corrected chi connectivity index (χ0v) is 15.0. The number of nitrogens with zero attached hydrogens (tertiary/aromatic N) is 4. The number of halogens is 2. The summed E-state index contributed by atoms with van der Waals surface area (Å²) in [6, 6.07) is 5.79. The number of benzene rings is 1. The van der Waals surface area contributed by atoms with Gasteiger partial charge in [0.1, 0.15) is 17.7 Å². The van der Waals surface area contributed by atoms with Gasteiger partial charge in [0.25, 0.3) is 0 Å². The Hall–Kier alpha value is -3.03. The topological polar surface area (TPSA) is 63.1 Å². The maximum absolute atomic E-state index is 14.4. The predicted octanol–water partition coefficient (Wildman–Crippen LogP) is 3.87. The second-order valence-corrected chi connectivity index (χ2v) is 7.01. The number of aromatic nitrogens is 3. The number of anilines is 1. The van der Waals surface area contributed by atoms with Crippen molar-refractivity contribution >= 4 is 22.8 Å². The van der Waals surface area contributed by atoms with E-state index in [0.717, 1.165) is 10.9 Å². The molecular formula is C19H19F2N5O. The van der Waals surface area contributed by atoms with Crippen molar-refractivity contribution in [1.29, 1.82) is 0 Å². The highest BCUT2D eigenvalue weighted by atomic mass is 19.1. The number of hydrogen-bond acceptors (Lipinski definition) is 3. The van der Waals surface area contributed by atoms with E-state index in [2.05, 4.69) is 29.2 Å². The Labute approximate surface area is 154 Å². The number of pyridine rings is 1. The summed E-state index contributed by atoms with van der Waals surface area (Å²) in [6.45, 7) is 4.30. The zero-order chi connectivity index (χ0) is 19.1. The van der Waals surface area contributed by atoms with Crippen LogP contribution < -0.4 is 5.32 Å². The molecule has 3 heterocycles. The van der Waals surface area contributed by atoms with Gasteiger partial charge < -0.3 is 10.2 Å². The molecule has 6 nitrogen and oxygen atoms in total. The van der Waals surface area contributed by atoms with Gasteiger partial charge in [-0.2, -0.15) is 0 Å². The molecule has 1 N–H and O–H groups in total. The highest BCUT2D eigenvalue weighted by Crippen LogP contribution is 2.23. The highest BCUT2D eigenvalue weighted by molar-refractivity contribution is 5.90. The molecule has 1 fully saturated rings. The summed E-state index contributed by atoms with van der Waals surface area (Å²) in [4.78, 5) is 17.7. The number of amides is 2. The van der Waals surface area contributed by atoms with Gasteiger partial charge in [-0.05, 0) is 35.7 Å². The molecule has 1 aliphatic rings. The highest BCUT2D eigenvalue weighted by Gasteiger charge is 2.30. The van der Waals surface area contributed by atoms with Crippen molar-refractivity contribution in [1.82, 2.24) is 19.7 Å². The Kier molecular flexibility index (Phi) is 4.25. The maximum atomic E-state index is 14.4. The lowest BCUT2D eigenvalue weighted by molar-refractivity contribution is 0.0974. The SMILES string of the molecule is CC(C)c1cnc2nn(-c3cc(NC(=O)N4CC(F)C4)ccc3F)cc2c1. The van der Waals surface area contributed by atoms with Crippen LogP contribution in [0.1, 0.15) is 25.3 Å². The van der Waals surface area contributed by atoms with E-state index in [1.54, 1.807) is 12.4 Å². The molecule has 3 aromatic rings. The van der Waals surface area contributed by atoms with Crippen LogP contribution in [0.25, 0.3) is 16.7 Å². The van der Waals surface area contributed by atoms with E-state index >= 15 is 0 Å². The predicted molar refractivity (Wildman–Crippen MR) is 98.4 cm³/mol. The molecule has 1 aliphatic heterocycles. The molecule has 0 spiro atoms. The number of nitrogens with one attached hydrogen (secondary N) is 1. The molecule has 140 valence electrons. The summed E-state index contributed by atoms with van der Waals surface area (Å²) < 4.78 is 28.7. The zero-order valence-electron chi connectivity index (χ0n) is 15.0. The summed E-state index contributed by atoms with van der Waals surface area (Å²) >= 11 is 0. The molecule has 8 heteroatoms. The minimum atomic E-state index is -0.973. The number of fused-ring (bicyclic) bond motifs is 1. The van der Waals surface area contributed by atoms with Crippen molar-refractivity contribution in [3.63, 3.8) is 0 Å². The quantitative estimate of drug-likeness (QED) is 0.760. The first-order chi connectivity index (χ1) is 12.9. The van der Waals surface area contributed by atoms with E-state index in [-0.39, 0.29) is 18.8 Å². The van der Waals surface area contributed by atoms with Crippen LogP contribution in [-0.2, 0) is 0 Å². The van der Waals surface area contributed by atoms with Crippen LogP contribution in [0.2, 0.25) is 0 Å². The van der Waals surface area contributed by atoms with Crippen LogP contribution in [0.15, 0.2) is 36.7 Å². The van der Waals surface area contributed by atoms with Crippen molar-refractivity contribution < 1.29 is 13.6 Å². The van der Waals surface area contributed by atoms with Crippen LogP contribution in [0.4, 0.5) is 19.3 Å². The Morgan fingerprint density at radius 2 is 2.07 bits per heavy atom. The number of rotatable bonds is 3. The summed E-state index contributed by atoms with van der Waals surface area (Å²) in [5, 5.41) is 7.80. The van der Waals surface area contributed by atoms with Gasteiger partial charge in [-0.1, -0.05) is 13.8 Å². The van der Waals surface area contributed by atoms with Crippen molar-refractivity contribution in [3.05, 3.63) is 48.0 Å². The summed E-state index contributed by atoms with van der Waals surface area (Å²) in [7, 11) is 0. The van der Waals surface area contributed by atoms with Gasteiger partial charge in [0.15, 0.2) is 5.65 Å². The number of carbonyl (C=O) groups is 1. The van der Waals surface area contributed by atoms with Crippen LogP contribution in [-0.4, -0.2) is 45.0 Å². The molecule has 0 unspecified atom stereocenters. The first-order valence-corrected chi connectivity index (χ1v) is 8.76. The number of carbonyl (C=O) groups excluding carboxylic acids is 1. The first-order valence-electron chi connectivity index (χ1n) is 8.76. The smallest absolute Gasteiger partial charge is 0.319 e. The lowest BCUT2D eigenvalue weighted by Crippen LogP contribution is -2.53. The maximum Gasteiger partial charge on any atom is 0.322 e. The number of alkyl halides is 1. The van der Waals surface area contributed by atoms with Gasteiger partial charge >= 0.3 is 6.03 Å². The van der Waals surface area contributed by atoms with Gasteiger partial charge in [0, 0.05) is 23.5 Å². The molecule has 0 bridgehead atoms. The average molecular weight is 371 g/mol. The molecule has 0 saturated carbocycles. The largest absolute Gasteiger partial charge is 0.322 e. The normalized spacial score (nSPS) is 14.6. The third kappa shape index (κ3) is 3.34. The molecule has 0 atom stereocenters. The van der Waals surface area contributed by atoms with Gasteiger partial charge in [0.05, 0.1) is 13.1 Å². The van der Waals surface area contributed by atoms with Crippen LogP contribution in [0.3, 0.4) is 0 Å². The molecule has 2 amide bonds. The molecule has 1 aromatic carbocycles. The third-order valence-electron chi connectivity index (χ3n) is 4.62. The van der Waals surface area contributed by atoms with Crippen molar-refractivity contribution in [2.75, 3.05) is 18.4 Å². The third-order valence-corrected chi connectivity index (χ3v) is 4.62. The van der Waals surface area contributed by atoms with E-state index < -0.39 is 18.0 Å².